The molecule has 0 radical (unpaired) electrons. The quantitative estimate of drug-likeness (QED) is 0.724. The SMILES string of the molecule is O=C(NCCc1ccccc1)C1CCCN(S(=O)(=O)c2ccc(Br)s2)C1. The molecule has 1 saturated heterocycles. The maximum absolute atomic E-state index is 12.8. The van der Waals surface area contributed by atoms with Crippen LogP contribution in [0.4, 0.5) is 0 Å². The largest absolute Gasteiger partial charge is 0.355 e. The number of benzene rings is 1. The van der Waals surface area contributed by atoms with Gasteiger partial charge in [0.1, 0.15) is 4.21 Å². The number of carbonyl (C=O) groups is 1. The second-order valence-electron chi connectivity index (χ2n) is 6.29. The van der Waals surface area contributed by atoms with E-state index in [1.54, 1.807) is 12.1 Å². The highest BCUT2D eigenvalue weighted by molar-refractivity contribution is 9.11. The number of amides is 1. The molecule has 1 N–H and O–H groups in total. The first-order valence-electron chi connectivity index (χ1n) is 8.54. The summed E-state index contributed by atoms with van der Waals surface area (Å²) < 4.78 is 28.0. The van der Waals surface area contributed by atoms with E-state index in [1.807, 2.05) is 30.3 Å². The van der Waals surface area contributed by atoms with Crippen LogP contribution in [-0.2, 0) is 21.2 Å². The van der Waals surface area contributed by atoms with Gasteiger partial charge in [0.25, 0.3) is 10.0 Å². The van der Waals surface area contributed by atoms with E-state index < -0.39 is 10.0 Å². The van der Waals surface area contributed by atoms with Crippen molar-refractivity contribution in [1.29, 1.82) is 0 Å². The zero-order chi connectivity index (χ0) is 18.6. The molecule has 0 spiro atoms. The first-order valence-corrected chi connectivity index (χ1v) is 11.6. The number of sulfonamides is 1. The van der Waals surface area contributed by atoms with Gasteiger partial charge >= 0.3 is 0 Å². The fourth-order valence-electron chi connectivity index (χ4n) is 3.06. The van der Waals surface area contributed by atoms with Crippen molar-refractivity contribution < 1.29 is 13.2 Å². The maximum atomic E-state index is 12.8. The van der Waals surface area contributed by atoms with Gasteiger partial charge in [0.15, 0.2) is 0 Å². The molecule has 3 rings (SSSR count). The summed E-state index contributed by atoms with van der Waals surface area (Å²) in [5, 5.41) is 2.95. The number of hydrogen-bond donors (Lipinski definition) is 1. The van der Waals surface area contributed by atoms with Crippen LogP contribution in [0.15, 0.2) is 50.5 Å². The minimum absolute atomic E-state index is 0.0619. The van der Waals surface area contributed by atoms with Crippen molar-refractivity contribution in [3.8, 4) is 0 Å². The lowest BCUT2D eigenvalue weighted by atomic mass is 9.99. The zero-order valence-electron chi connectivity index (χ0n) is 14.2. The molecule has 1 fully saturated rings. The van der Waals surface area contributed by atoms with Crippen molar-refractivity contribution in [1.82, 2.24) is 9.62 Å². The molecule has 1 aromatic carbocycles. The Hall–Kier alpha value is -1.22. The van der Waals surface area contributed by atoms with Crippen LogP contribution in [0.5, 0.6) is 0 Å². The average Bonchev–Trinajstić information content (AvgIpc) is 3.10. The van der Waals surface area contributed by atoms with Crippen LogP contribution in [0.2, 0.25) is 0 Å². The van der Waals surface area contributed by atoms with Crippen molar-refractivity contribution in [3.05, 3.63) is 51.8 Å². The number of carbonyl (C=O) groups excluding carboxylic acids is 1. The Morgan fingerprint density at radius 2 is 2.00 bits per heavy atom. The van der Waals surface area contributed by atoms with Crippen molar-refractivity contribution in [2.24, 2.45) is 5.92 Å². The van der Waals surface area contributed by atoms with Gasteiger partial charge in [-0.25, -0.2) is 8.42 Å². The van der Waals surface area contributed by atoms with Gasteiger partial charge < -0.3 is 5.32 Å². The van der Waals surface area contributed by atoms with E-state index in [0.29, 0.717) is 23.7 Å². The Morgan fingerprint density at radius 1 is 1.23 bits per heavy atom. The fraction of sp³-hybridized carbons (Fsp3) is 0.389. The summed E-state index contributed by atoms with van der Waals surface area (Å²) in [4.78, 5) is 12.5. The van der Waals surface area contributed by atoms with Crippen molar-refractivity contribution in [3.63, 3.8) is 0 Å². The van der Waals surface area contributed by atoms with Gasteiger partial charge in [-0.05, 0) is 52.9 Å². The van der Waals surface area contributed by atoms with E-state index in [9.17, 15) is 13.2 Å². The topological polar surface area (TPSA) is 66.5 Å². The Morgan fingerprint density at radius 3 is 2.69 bits per heavy atom. The second-order valence-corrected chi connectivity index (χ2v) is 10.9. The lowest BCUT2D eigenvalue weighted by molar-refractivity contribution is -0.126. The van der Waals surface area contributed by atoms with E-state index in [0.717, 1.165) is 16.6 Å². The van der Waals surface area contributed by atoms with Crippen LogP contribution in [0, 0.1) is 5.92 Å². The van der Waals surface area contributed by atoms with Crippen molar-refractivity contribution in [2.75, 3.05) is 19.6 Å². The van der Waals surface area contributed by atoms with Crippen molar-refractivity contribution in [2.45, 2.75) is 23.5 Å². The van der Waals surface area contributed by atoms with Gasteiger partial charge in [0.2, 0.25) is 5.91 Å². The van der Waals surface area contributed by atoms with Gasteiger partial charge in [-0.1, -0.05) is 30.3 Å². The number of piperidine rings is 1. The molecule has 8 heteroatoms. The van der Waals surface area contributed by atoms with E-state index in [-0.39, 0.29) is 18.4 Å². The molecule has 140 valence electrons. The number of thiophene rings is 1. The minimum atomic E-state index is -3.53. The predicted octanol–water partition coefficient (Wildman–Crippen LogP) is 3.27. The molecular formula is C18H21BrN2O3S2. The minimum Gasteiger partial charge on any atom is -0.355 e. The molecule has 0 aliphatic carbocycles. The summed E-state index contributed by atoms with van der Waals surface area (Å²) in [6, 6.07) is 13.3. The van der Waals surface area contributed by atoms with Crippen LogP contribution >= 0.6 is 27.3 Å². The second kappa shape index (κ2) is 8.65. The van der Waals surface area contributed by atoms with Gasteiger partial charge in [-0.15, -0.1) is 11.3 Å². The van der Waals surface area contributed by atoms with Gasteiger partial charge in [0.05, 0.1) is 9.70 Å². The van der Waals surface area contributed by atoms with E-state index in [1.165, 1.54) is 21.2 Å². The summed E-state index contributed by atoms with van der Waals surface area (Å²) in [5.41, 5.74) is 1.17. The first kappa shape index (κ1) is 19.5. The number of nitrogens with one attached hydrogen (secondary N) is 1. The Bertz CT molecular complexity index is 852. The molecule has 1 amide bonds. The Kier molecular flexibility index (Phi) is 6.50. The molecule has 5 nitrogen and oxygen atoms in total. The van der Waals surface area contributed by atoms with Crippen LogP contribution in [0.3, 0.4) is 0 Å². The molecule has 1 unspecified atom stereocenters. The molecule has 1 aliphatic rings. The molecule has 26 heavy (non-hydrogen) atoms. The Labute approximate surface area is 166 Å². The van der Waals surface area contributed by atoms with Crippen LogP contribution in [0.1, 0.15) is 18.4 Å². The molecule has 2 aromatic rings. The fourth-order valence-corrected chi connectivity index (χ4v) is 6.75. The van der Waals surface area contributed by atoms with Crippen LogP contribution in [0.25, 0.3) is 0 Å². The van der Waals surface area contributed by atoms with Gasteiger partial charge in [0, 0.05) is 19.6 Å². The normalized spacial score (nSPS) is 18.6. The van der Waals surface area contributed by atoms with E-state index in [2.05, 4.69) is 21.2 Å². The zero-order valence-corrected chi connectivity index (χ0v) is 17.4. The average molecular weight is 457 g/mol. The predicted molar refractivity (Wildman–Crippen MR) is 107 cm³/mol. The summed E-state index contributed by atoms with van der Waals surface area (Å²) in [5.74, 6) is -0.356. The third kappa shape index (κ3) is 4.73. The first-order chi connectivity index (χ1) is 12.5. The summed E-state index contributed by atoms with van der Waals surface area (Å²) in [7, 11) is -3.53. The molecule has 1 atom stereocenters. The highest BCUT2D eigenvalue weighted by Gasteiger charge is 2.33. The molecule has 0 bridgehead atoms. The van der Waals surface area contributed by atoms with E-state index in [4.69, 9.17) is 0 Å². The summed E-state index contributed by atoms with van der Waals surface area (Å²) >= 11 is 4.50. The standard InChI is InChI=1S/C18H21BrN2O3S2/c19-16-8-9-17(25-16)26(23,24)21-12-4-7-15(13-21)18(22)20-11-10-14-5-2-1-3-6-14/h1-3,5-6,8-9,15H,4,7,10-13H2,(H,20,22). The number of rotatable bonds is 6. The summed E-state index contributed by atoms with van der Waals surface area (Å²) in [6.07, 6.45) is 2.18. The highest BCUT2D eigenvalue weighted by atomic mass is 79.9. The van der Waals surface area contributed by atoms with E-state index >= 15 is 0 Å². The lowest BCUT2D eigenvalue weighted by Crippen LogP contribution is -2.45. The molecular weight excluding hydrogens is 436 g/mol. The third-order valence-corrected chi connectivity index (χ3v) is 8.41. The monoisotopic (exact) mass is 456 g/mol. The Balaban J connectivity index is 1.56. The highest BCUT2D eigenvalue weighted by Crippen LogP contribution is 2.30. The lowest BCUT2D eigenvalue weighted by Gasteiger charge is -2.30. The summed E-state index contributed by atoms with van der Waals surface area (Å²) in [6.45, 7) is 1.27. The number of nitrogens with zero attached hydrogens (tertiary/aromatic N) is 1. The van der Waals surface area contributed by atoms with Crippen molar-refractivity contribution >= 4 is 43.2 Å². The molecule has 0 saturated carbocycles. The van der Waals surface area contributed by atoms with Crippen LogP contribution < -0.4 is 5.32 Å². The molecule has 1 aromatic heterocycles. The van der Waals surface area contributed by atoms with Gasteiger partial charge in [-0.3, -0.25) is 4.79 Å². The maximum Gasteiger partial charge on any atom is 0.252 e. The van der Waals surface area contributed by atoms with Gasteiger partial charge in [-0.2, -0.15) is 4.31 Å². The smallest absolute Gasteiger partial charge is 0.252 e. The number of hydrogen-bond acceptors (Lipinski definition) is 4. The van der Waals surface area contributed by atoms with Crippen LogP contribution in [-0.4, -0.2) is 38.3 Å². The third-order valence-electron chi connectivity index (χ3n) is 4.45. The number of halogens is 1. The molecule has 1 aliphatic heterocycles. The molecule has 2 heterocycles.